The number of fused-ring (bicyclic) bond motifs is 1. The SMILES string of the molecule is C=C1[C@H]2C[C@@H]3OC(=O)/C=C/C=C/[C@H]([C@@H](C)O)OCC/C(C)=C/C(=O)OC[C@@]4(CCC(C)=C[C@H]4O2)[C@]13C. The first-order valence-electron chi connectivity index (χ1n) is 12.8. The van der Waals surface area contributed by atoms with Crippen LogP contribution >= 0.6 is 0 Å². The molecule has 2 fully saturated rings. The number of hydrogen-bond acceptors (Lipinski definition) is 7. The Kier molecular flexibility index (Phi) is 7.74. The van der Waals surface area contributed by atoms with E-state index in [0.717, 1.165) is 24.0 Å². The fraction of sp³-hybridized carbons (Fsp3) is 0.586. The molecule has 36 heavy (non-hydrogen) atoms. The predicted molar refractivity (Wildman–Crippen MR) is 135 cm³/mol. The summed E-state index contributed by atoms with van der Waals surface area (Å²) in [6.45, 7) is 12.5. The number of carbonyl (C=O) groups is 2. The van der Waals surface area contributed by atoms with Crippen LogP contribution in [0.5, 0.6) is 0 Å². The molecule has 1 N–H and O–H groups in total. The van der Waals surface area contributed by atoms with Gasteiger partial charge in [0.1, 0.15) is 18.8 Å². The Labute approximate surface area is 213 Å². The summed E-state index contributed by atoms with van der Waals surface area (Å²) in [6, 6.07) is 0. The number of hydrogen-bond donors (Lipinski definition) is 1. The molecule has 0 aromatic carbocycles. The first kappa shape index (κ1) is 26.6. The Morgan fingerprint density at radius 2 is 1.92 bits per heavy atom. The van der Waals surface area contributed by atoms with Crippen molar-refractivity contribution in [2.75, 3.05) is 13.2 Å². The van der Waals surface area contributed by atoms with E-state index in [4.69, 9.17) is 18.9 Å². The number of aliphatic hydroxyl groups excluding tert-OH is 1. The van der Waals surface area contributed by atoms with E-state index < -0.39 is 41.1 Å². The number of cyclic esters (lactones) is 1. The van der Waals surface area contributed by atoms with E-state index in [0.29, 0.717) is 19.4 Å². The van der Waals surface area contributed by atoms with E-state index in [1.165, 1.54) is 17.7 Å². The van der Waals surface area contributed by atoms with Crippen molar-refractivity contribution in [3.63, 3.8) is 0 Å². The average molecular weight is 499 g/mol. The van der Waals surface area contributed by atoms with Crippen LogP contribution in [0, 0.1) is 10.8 Å². The van der Waals surface area contributed by atoms with E-state index in [-0.39, 0.29) is 18.8 Å². The lowest BCUT2D eigenvalue weighted by atomic mass is 9.53. The van der Waals surface area contributed by atoms with Crippen LogP contribution in [0.2, 0.25) is 0 Å². The molecular weight excluding hydrogens is 460 g/mol. The van der Waals surface area contributed by atoms with Gasteiger partial charge in [-0.25, -0.2) is 9.59 Å². The molecule has 0 aromatic heterocycles. The molecule has 0 aromatic rings. The topological polar surface area (TPSA) is 91.3 Å². The second-order valence-electron chi connectivity index (χ2n) is 10.8. The predicted octanol–water partition coefficient (Wildman–Crippen LogP) is 4.13. The van der Waals surface area contributed by atoms with Gasteiger partial charge in [0.25, 0.3) is 0 Å². The van der Waals surface area contributed by atoms with Crippen molar-refractivity contribution in [1.29, 1.82) is 0 Å². The molecule has 2 aliphatic heterocycles. The van der Waals surface area contributed by atoms with Gasteiger partial charge in [-0.05, 0) is 45.6 Å². The van der Waals surface area contributed by atoms with E-state index in [2.05, 4.69) is 26.5 Å². The van der Waals surface area contributed by atoms with E-state index in [1.807, 2.05) is 6.92 Å². The molecule has 7 nitrogen and oxygen atoms in total. The molecule has 7 heteroatoms. The maximum absolute atomic E-state index is 12.8. The lowest BCUT2D eigenvalue weighted by Crippen LogP contribution is -2.60. The lowest BCUT2D eigenvalue weighted by molar-refractivity contribution is -0.181. The van der Waals surface area contributed by atoms with Crippen molar-refractivity contribution < 1.29 is 33.6 Å². The van der Waals surface area contributed by atoms with Crippen molar-refractivity contribution in [2.45, 2.75) is 83.9 Å². The molecule has 0 amide bonds. The third kappa shape index (κ3) is 4.89. The third-order valence-corrected chi connectivity index (χ3v) is 8.44. The van der Waals surface area contributed by atoms with Gasteiger partial charge >= 0.3 is 11.9 Å². The maximum atomic E-state index is 12.8. The molecule has 2 heterocycles. The minimum atomic E-state index is -0.734. The normalized spacial score (nSPS) is 41.9. The number of esters is 2. The van der Waals surface area contributed by atoms with Crippen LogP contribution in [0.4, 0.5) is 0 Å². The van der Waals surface area contributed by atoms with Gasteiger partial charge in [0.15, 0.2) is 0 Å². The highest BCUT2D eigenvalue weighted by Crippen LogP contribution is 2.65. The first-order chi connectivity index (χ1) is 17.1. The van der Waals surface area contributed by atoms with Gasteiger partial charge in [-0.2, -0.15) is 0 Å². The average Bonchev–Trinajstić information content (AvgIpc) is 2.98. The summed E-state index contributed by atoms with van der Waals surface area (Å²) in [6.07, 6.45) is 10.3. The lowest BCUT2D eigenvalue weighted by Gasteiger charge is -2.56. The standard InChI is InChI=1S/C29H38O7/c1-18-10-12-29-17-34-27(32)15-19(2)11-13-33-22(21(4)30)8-6-7-9-26(31)36-24-16-23(35-25(29)14-18)20(3)28(24,29)5/h6-9,14-15,21-25,30H,3,10-13,16-17H2,1-2,4-5H3/b8-6+,9-7+,19-15+/t21-,22-,23-,24+,25-,28-,29-/m1/s1. The van der Waals surface area contributed by atoms with E-state index in [1.54, 1.807) is 25.2 Å². The Bertz CT molecular complexity index is 1020. The van der Waals surface area contributed by atoms with Crippen molar-refractivity contribution >= 4 is 11.9 Å². The fourth-order valence-corrected chi connectivity index (χ4v) is 6.04. The summed E-state index contributed by atoms with van der Waals surface area (Å²) in [7, 11) is 0. The zero-order valence-corrected chi connectivity index (χ0v) is 21.7. The van der Waals surface area contributed by atoms with Crippen LogP contribution in [0.1, 0.15) is 53.4 Å². The summed E-state index contributed by atoms with van der Waals surface area (Å²) in [4.78, 5) is 25.7. The Hall–Kier alpha value is -2.48. The smallest absolute Gasteiger partial charge is 0.331 e. The number of rotatable bonds is 1. The largest absolute Gasteiger partial charge is 0.462 e. The molecule has 7 atom stereocenters. The fourth-order valence-electron chi connectivity index (χ4n) is 6.04. The van der Waals surface area contributed by atoms with Gasteiger partial charge in [0, 0.05) is 29.4 Å². The van der Waals surface area contributed by atoms with E-state index >= 15 is 0 Å². The second-order valence-corrected chi connectivity index (χ2v) is 10.8. The van der Waals surface area contributed by atoms with Gasteiger partial charge in [-0.3, -0.25) is 0 Å². The third-order valence-electron chi connectivity index (χ3n) is 8.44. The van der Waals surface area contributed by atoms with Crippen LogP contribution < -0.4 is 0 Å². The minimum Gasteiger partial charge on any atom is -0.462 e. The Morgan fingerprint density at radius 3 is 2.67 bits per heavy atom. The minimum absolute atomic E-state index is 0.138. The zero-order valence-electron chi connectivity index (χ0n) is 21.7. The van der Waals surface area contributed by atoms with Crippen LogP contribution in [0.25, 0.3) is 0 Å². The zero-order chi connectivity index (χ0) is 26.1. The molecule has 2 aliphatic carbocycles. The maximum Gasteiger partial charge on any atom is 0.331 e. The highest BCUT2D eigenvalue weighted by Gasteiger charge is 2.68. The quantitative estimate of drug-likeness (QED) is 0.429. The van der Waals surface area contributed by atoms with Crippen LogP contribution in [-0.2, 0) is 28.5 Å². The first-order valence-corrected chi connectivity index (χ1v) is 12.8. The van der Waals surface area contributed by atoms with Gasteiger partial charge in [-0.15, -0.1) is 0 Å². The molecule has 4 aliphatic rings. The number of carbonyl (C=O) groups excluding carboxylic acids is 2. The molecule has 1 saturated carbocycles. The van der Waals surface area contributed by atoms with Gasteiger partial charge < -0.3 is 24.1 Å². The Balaban J connectivity index is 1.70. The van der Waals surface area contributed by atoms with E-state index in [9.17, 15) is 14.7 Å². The summed E-state index contributed by atoms with van der Waals surface area (Å²) < 4.78 is 24.2. The highest BCUT2D eigenvalue weighted by molar-refractivity contribution is 5.83. The van der Waals surface area contributed by atoms with Crippen LogP contribution in [-0.4, -0.2) is 60.8 Å². The van der Waals surface area contributed by atoms with Crippen molar-refractivity contribution in [2.24, 2.45) is 10.8 Å². The number of allylic oxidation sites excluding steroid dienone is 3. The second kappa shape index (κ2) is 10.5. The summed E-state index contributed by atoms with van der Waals surface area (Å²) in [5, 5.41) is 10.0. The molecule has 4 rings (SSSR count). The summed E-state index contributed by atoms with van der Waals surface area (Å²) in [5.74, 6) is -0.891. The molecular formula is C29H38O7. The van der Waals surface area contributed by atoms with Crippen LogP contribution in [0.15, 0.2) is 59.8 Å². The molecule has 0 unspecified atom stereocenters. The van der Waals surface area contributed by atoms with Crippen LogP contribution in [0.3, 0.4) is 0 Å². The van der Waals surface area contributed by atoms with Crippen molar-refractivity contribution in [1.82, 2.24) is 0 Å². The van der Waals surface area contributed by atoms with Crippen molar-refractivity contribution in [3.8, 4) is 0 Å². The van der Waals surface area contributed by atoms with Gasteiger partial charge in [0.2, 0.25) is 0 Å². The Morgan fingerprint density at radius 1 is 1.14 bits per heavy atom. The van der Waals surface area contributed by atoms with Gasteiger partial charge in [0.05, 0.1) is 24.9 Å². The molecule has 196 valence electrons. The summed E-state index contributed by atoms with van der Waals surface area (Å²) in [5.41, 5.74) is 1.74. The van der Waals surface area contributed by atoms with Crippen molar-refractivity contribution in [3.05, 3.63) is 59.8 Å². The summed E-state index contributed by atoms with van der Waals surface area (Å²) >= 11 is 0. The highest BCUT2D eigenvalue weighted by atomic mass is 16.6. The monoisotopic (exact) mass is 498 g/mol. The number of aliphatic hydroxyl groups is 1. The molecule has 0 radical (unpaired) electrons. The van der Waals surface area contributed by atoms with Gasteiger partial charge in [-0.1, -0.05) is 49.0 Å². The number of ether oxygens (including phenoxy) is 4. The molecule has 1 spiro atoms. The molecule has 2 bridgehead atoms. The molecule has 1 saturated heterocycles.